The second-order valence-corrected chi connectivity index (χ2v) is 5.69. The highest BCUT2D eigenvalue weighted by Gasteiger charge is 2.11. The Labute approximate surface area is 129 Å². The first kappa shape index (κ1) is 14.4. The van der Waals surface area contributed by atoms with Crippen LogP contribution in [0.2, 0.25) is 0 Å². The molecule has 6 nitrogen and oxygen atoms in total. The third kappa shape index (κ3) is 2.75. The van der Waals surface area contributed by atoms with E-state index in [0.29, 0.717) is 27.7 Å². The largest absolute Gasteiger partial charge is 0.478 e. The van der Waals surface area contributed by atoms with E-state index in [1.54, 1.807) is 37.3 Å². The van der Waals surface area contributed by atoms with Crippen molar-refractivity contribution in [1.29, 1.82) is 0 Å². The number of benzene rings is 1. The number of carbonyl (C=O) groups is 1. The van der Waals surface area contributed by atoms with Gasteiger partial charge in [0.2, 0.25) is 0 Å². The summed E-state index contributed by atoms with van der Waals surface area (Å²) in [6.07, 6.45) is 0. The molecule has 0 amide bonds. The van der Waals surface area contributed by atoms with Crippen molar-refractivity contribution in [2.24, 2.45) is 0 Å². The molecular weight excluding hydrogens is 304 g/mol. The Balaban J connectivity index is 1.88. The van der Waals surface area contributed by atoms with E-state index in [9.17, 15) is 9.59 Å². The number of hydrogen-bond donors (Lipinski definition) is 1. The lowest BCUT2D eigenvalue weighted by Gasteiger charge is -2.05. The predicted octanol–water partition coefficient (Wildman–Crippen LogP) is 2.59. The van der Waals surface area contributed by atoms with Gasteiger partial charge in [-0.15, -0.1) is 16.3 Å². The van der Waals surface area contributed by atoms with Crippen molar-refractivity contribution < 1.29 is 14.4 Å². The molecule has 0 aliphatic carbocycles. The van der Waals surface area contributed by atoms with Gasteiger partial charge in [-0.25, -0.2) is 9.78 Å². The Kier molecular flexibility index (Phi) is 3.72. The average molecular weight is 316 g/mol. The molecule has 0 fully saturated rings. The summed E-state index contributed by atoms with van der Waals surface area (Å²) in [6.45, 7) is 1.74. The lowest BCUT2D eigenvalue weighted by molar-refractivity contribution is 0.0693. The smallest absolute Gasteiger partial charge is 0.336 e. The van der Waals surface area contributed by atoms with Gasteiger partial charge < -0.3 is 9.63 Å². The maximum absolute atomic E-state index is 11.9. The minimum atomic E-state index is -0.975. The molecule has 22 heavy (non-hydrogen) atoms. The SMILES string of the molecule is Cc1cc2nc(CSc3ccccc3C(=O)O)cc(=O)n2o1. The lowest BCUT2D eigenvalue weighted by atomic mass is 10.2. The van der Waals surface area contributed by atoms with Crippen molar-refractivity contribution >= 4 is 23.4 Å². The number of aryl methyl sites for hydroxylation is 1. The number of nitrogens with zero attached hydrogens (tertiary/aromatic N) is 2. The standard InChI is InChI=1S/C15H12N2O4S/c1-9-6-13-16-10(7-14(18)17(13)21-9)8-22-12-5-3-2-4-11(12)15(19)20/h2-7H,8H2,1H3,(H,19,20). The first-order valence-electron chi connectivity index (χ1n) is 6.49. The molecular formula is C15H12N2O4S. The fourth-order valence-electron chi connectivity index (χ4n) is 2.07. The van der Waals surface area contributed by atoms with Gasteiger partial charge in [-0.3, -0.25) is 4.79 Å². The van der Waals surface area contributed by atoms with Crippen molar-refractivity contribution in [3.05, 3.63) is 63.8 Å². The highest BCUT2D eigenvalue weighted by atomic mass is 32.2. The van der Waals surface area contributed by atoms with Crippen molar-refractivity contribution in [3.8, 4) is 0 Å². The maximum atomic E-state index is 11.9. The second-order valence-electron chi connectivity index (χ2n) is 4.67. The van der Waals surface area contributed by atoms with Gasteiger partial charge in [-0.2, -0.15) is 0 Å². The van der Waals surface area contributed by atoms with Crippen LogP contribution in [0.5, 0.6) is 0 Å². The summed E-state index contributed by atoms with van der Waals surface area (Å²) in [5.74, 6) is 0.0305. The second kappa shape index (κ2) is 5.69. The molecule has 3 aromatic rings. The van der Waals surface area contributed by atoms with E-state index in [2.05, 4.69) is 4.98 Å². The Bertz CT molecular complexity index is 913. The molecule has 1 N–H and O–H groups in total. The maximum Gasteiger partial charge on any atom is 0.336 e. The van der Waals surface area contributed by atoms with Crippen LogP contribution >= 0.6 is 11.8 Å². The highest BCUT2D eigenvalue weighted by Crippen LogP contribution is 2.25. The fraction of sp³-hybridized carbons (Fsp3) is 0.133. The summed E-state index contributed by atoms with van der Waals surface area (Å²) < 4.78 is 6.36. The van der Waals surface area contributed by atoms with Crippen LogP contribution in [-0.4, -0.2) is 20.6 Å². The minimum Gasteiger partial charge on any atom is -0.478 e. The monoisotopic (exact) mass is 316 g/mol. The summed E-state index contributed by atoms with van der Waals surface area (Å²) in [6, 6.07) is 9.82. The van der Waals surface area contributed by atoms with E-state index in [4.69, 9.17) is 9.63 Å². The Morgan fingerprint density at radius 1 is 1.36 bits per heavy atom. The molecule has 0 radical (unpaired) electrons. The van der Waals surface area contributed by atoms with Crippen molar-refractivity contribution in [2.45, 2.75) is 17.6 Å². The third-order valence-corrected chi connectivity index (χ3v) is 4.12. The van der Waals surface area contributed by atoms with E-state index in [1.807, 2.05) is 0 Å². The zero-order valence-electron chi connectivity index (χ0n) is 11.6. The molecule has 0 spiro atoms. The summed E-state index contributed by atoms with van der Waals surface area (Å²) in [7, 11) is 0. The lowest BCUT2D eigenvalue weighted by Crippen LogP contribution is -2.12. The Morgan fingerprint density at radius 3 is 2.91 bits per heavy atom. The van der Waals surface area contributed by atoms with Crippen LogP contribution in [0.1, 0.15) is 21.8 Å². The molecule has 0 saturated heterocycles. The molecule has 0 atom stereocenters. The molecule has 0 bridgehead atoms. The van der Waals surface area contributed by atoms with Gasteiger partial charge in [0.25, 0.3) is 5.56 Å². The van der Waals surface area contributed by atoms with Crippen LogP contribution in [-0.2, 0) is 5.75 Å². The number of thioether (sulfide) groups is 1. The molecule has 2 heterocycles. The summed E-state index contributed by atoms with van der Waals surface area (Å²) in [5.41, 5.74) is 0.979. The van der Waals surface area contributed by atoms with Gasteiger partial charge in [0.15, 0.2) is 5.65 Å². The molecule has 3 rings (SSSR count). The summed E-state index contributed by atoms with van der Waals surface area (Å²) >= 11 is 1.33. The van der Waals surface area contributed by atoms with Crippen LogP contribution in [0, 0.1) is 6.92 Å². The number of rotatable bonds is 4. The molecule has 112 valence electrons. The quantitative estimate of drug-likeness (QED) is 0.745. The first-order valence-corrected chi connectivity index (χ1v) is 7.48. The van der Waals surface area contributed by atoms with E-state index < -0.39 is 5.97 Å². The molecule has 0 unspecified atom stereocenters. The number of hydrogen-bond acceptors (Lipinski definition) is 5. The van der Waals surface area contributed by atoms with Crippen LogP contribution in [0.15, 0.2) is 50.6 Å². The first-order chi connectivity index (χ1) is 10.5. The van der Waals surface area contributed by atoms with Crippen molar-refractivity contribution in [2.75, 3.05) is 0 Å². The van der Waals surface area contributed by atoms with Gasteiger partial charge in [0.05, 0.1) is 11.3 Å². The summed E-state index contributed by atoms with van der Waals surface area (Å²) in [4.78, 5) is 28.1. The van der Waals surface area contributed by atoms with Crippen molar-refractivity contribution in [1.82, 2.24) is 9.56 Å². The van der Waals surface area contributed by atoms with Gasteiger partial charge >= 0.3 is 5.97 Å². The number of aromatic carboxylic acids is 1. The van der Waals surface area contributed by atoms with Crippen LogP contribution < -0.4 is 5.56 Å². The number of aromatic nitrogens is 2. The molecule has 0 aliphatic heterocycles. The highest BCUT2D eigenvalue weighted by molar-refractivity contribution is 7.98. The van der Waals surface area contributed by atoms with Gasteiger partial charge in [0, 0.05) is 22.8 Å². The van der Waals surface area contributed by atoms with E-state index >= 15 is 0 Å². The number of carboxylic acids is 1. The minimum absolute atomic E-state index is 0.240. The van der Waals surface area contributed by atoms with E-state index in [-0.39, 0.29) is 11.1 Å². The number of carboxylic acid groups (broad SMARTS) is 1. The third-order valence-electron chi connectivity index (χ3n) is 3.02. The molecule has 0 aliphatic rings. The van der Waals surface area contributed by atoms with Gasteiger partial charge in [-0.1, -0.05) is 12.1 Å². The Hall–Kier alpha value is -2.54. The molecule has 1 aromatic carbocycles. The van der Waals surface area contributed by atoms with Gasteiger partial charge in [-0.05, 0) is 19.1 Å². The van der Waals surface area contributed by atoms with Crippen LogP contribution in [0.4, 0.5) is 0 Å². The van der Waals surface area contributed by atoms with E-state index in [0.717, 1.165) is 4.57 Å². The van der Waals surface area contributed by atoms with Crippen LogP contribution in [0.3, 0.4) is 0 Å². The molecule has 2 aromatic heterocycles. The normalized spacial score (nSPS) is 11.0. The number of fused-ring (bicyclic) bond motifs is 1. The zero-order chi connectivity index (χ0) is 15.7. The van der Waals surface area contributed by atoms with E-state index in [1.165, 1.54) is 17.8 Å². The molecule has 0 saturated carbocycles. The van der Waals surface area contributed by atoms with Crippen LogP contribution in [0.25, 0.3) is 5.65 Å². The molecule has 7 heteroatoms. The average Bonchev–Trinajstić information content (AvgIpc) is 2.86. The Morgan fingerprint density at radius 2 is 2.14 bits per heavy atom. The fourth-order valence-corrected chi connectivity index (χ4v) is 3.01. The summed E-state index contributed by atoms with van der Waals surface area (Å²) in [5, 5.41) is 9.16. The zero-order valence-corrected chi connectivity index (χ0v) is 12.5. The van der Waals surface area contributed by atoms with Crippen molar-refractivity contribution in [3.63, 3.8) is 0 Å². The van der Waals surface area contributed by atoms with Gasteiger partial charge in [0.1, 0.15) is 5.76 Å². The topological polar surface area (TPSA) is 84.8 Å². The predicted molar refractivity (Wildman–Crippen MR) is 81.4 cm³/mol.